The summed E-state index contributed by atoms with van der Waals surface area (Å²) in [6, 6.07) is 31.0. The first-order valence-corrected chi connectivity index (χ1v) is 10.7. The molecule has 1 aliphatic rings. The normalized spacial score (nSPS) is 14.3. The SMILES string of the molecule is CC1=CC=C(c2ccc(-n3c4ccccc4c4ccc5ccccc5c43)cc2)CC1. The third-order valence-corrected chi connectivity index (χ3v) is 6.41. The van der Waals surface area contributed by atoms with Crippen LogP contribution in [0.2, 0.25) is 0 Å². The van der Waals surface area contributed by atoms with Crippen LogP contribution in [-0.2, 0) is 0 Å². The molecule has 0 atom stereocenters. The van der Waals surface area contributed by atoms with Gasteiger partial charge in [0.2, 0.25) is 0 Å². The molecule has 0 radical (unpaired) electrons. The van der Waals surface area contributed by atoms with Gasteiger partial charge in [0.05, 0.1) is 11.0 Å². The van der Waals surface area contributed by atoms with Gasteiger partial charge in [-0.15, -0.1) is 0 Å². The second-order valence-electron chi connectivity index (χ2n) is 8.29. The van der Waals surface area contributed by atoms with Gasteiger partial charge in [0, 0.05) is 21.8 Å². The lowest BCUT2D eigenvalue weighted by molar-refractivity contribution is 0.977. The molecular weight excluding hydrogens is 362 g/mol. The lowest BCUT2D eigenvalue weighted by Gasteiger charge is -2.14. The smallest absolute Gasteiger partial charge is 0.0619 e. The van der Waals surface area contributed by atoms with Crippen LogP contribution >= 0.6 is 0 Å². The molecule has 1 nitrogen and oxygen atoms in total. The van der Waals surface area contributed by atoms with Crippen LogP contribution in [0.25, 0.3) is 43.8 Å². The Labute approximate surface area is 176 Å². The minimum atomic E-state index is 1.13. The molecule has 0 fully saturated rings. The molecule has 6 rings (SSSR count). The van der Waals surface area contributed by atoms with Gasteiger partial charge in [-0.2, -0.15) is 0 Å². The van der Waals surface area contributed by atoms with Crippen LogP contribution in [0.5, 0.6) is 0 Å². The van der Waals surface area contributed by atoms with Crippen LogP contribution in [0.15, 0.2) is 103 Å². The molecule has 1 heterocycles. The molecule has 144 valence electrons. The van der Waals surface area contributed by atoms with E-state index in [4.69, 9.17) is 0 Å². The first kappa shape index (κ1) is 17.3. The van der Waals surface area contributed by atoms with Crippen LogP contribution in [0.3, 0.4) is 0 Å². The first-order chi connectivity index (χ1) is 14.8. The fourth-order valence-corrected chi connectivity index (χ4v) is 4.80. The highest BCUT2D eigenvalue weighted by atomic mass is 15.0. The van der Waals surface area contributed by atoms with Gasteiger partial charge in [-0.3, -0.25) is 0 Å². The number of hydrogen-bond donors (Lipinski definition) is 0. The van der Waals surface area contributed by atoms with E-state index < -0.39 is 0 Å². The van der Waals surface area contributed by atoms with Gasteiger partial charge >= 0.3 is 0 Å². The van der Waals surface area contributed by atoms with Gasteiger partial charge in [0.15, 0.2) is 0 Å². The van der Waals surface area contributed by atoms with Gasteiger partial charge < -0.3 is 4.57 Å². The predicted molar refractivity (Wildman–Crippen MR) is 129 cm³/mol. The van der Waals surface area contributed by atoms with Crippen molar-refractivity contribution in [1.82, 2.24) is 4.57 Å². The zero-order valence-corrected chi connectivity index (χ0v) is 17.1. The molecule has 0 aliphatic heterocycles. The summed E-state index contributed by atoms with van der Waals surface area (Å²) >= 11 is 0. The zero-order chi connectivity index (χ0) is 20.1. The van der Waals surface area contributed by atoms with E-state index in [0.29, 0.717) is 0 Å². The summed E-state index contributed by atoms with van der Waals surface area (Å²) in [6.07, 6.45) is 6.82. The van der Waals surface area contributed by atoms with Crippen LogP contribution in [0.1, 0.15) is 25.3 Å². The predicted octanol–water partition coefficient (Wildman–Crippen LogP) is 8.06. The van der Waals surface area contributed by atoms with E-state index in [1.807, 2.05) is 0 Å². The van der Waals surface area contributed by atoms with Crippen LogP contribution in [0.4, 0.5) is 0 Å². The average Bonchev–Trinajstić information content (AvgIpc) is 3.15. The van der Waals surface area contributed by atoms with Crippen LogP contribution in [-0.4, -0.2) is 4.57 Å². The third-order valence-electron chi connectivity index (χ3n) is 6.41. The second-order valence-corrected chi connectivity index (χ2v) is 8.29. The lowest BCUT2D eigenvalue weighted by atomic mass is 9.94. The van der Waals surface area contributed by atoms with Crippen molar-refractivity contribution < 1.29 is 0 Å². The van der Waals surface area contributed by atoms with E-state index >= 15 is 0 Å². The molecule has 0 unspecified atom stereocenters. The number of para-hydroxylation sites is 1. The quantitative estimate of drug-likeness (QED) is 0.289. The Morgan fingerprint density at radius 2 is 1.40 bits per heavy atom. The molecular formula is C29H23N. The zero-order valence-electron chi connectivity index (χ0n) is 17.1. The topological polar surface area (TPSA) is 4.93 Å². The molecule has 0 bridgehead atoms. The van der Waals surface area contributed by atoms with Crippen molar-refractivity contribution in [2.45, 2.75) is 19.8 Å². The number of benzene rings is 4. The third kappa shape index (κ3) is 2.63. The van der Waals surface area contributed by atoms with Gasteiger partial charge in [-0.25, -0.2) is 0 Å². The van der Waals surface area contributed by atoms with Crippen molar-refractivity contribution in [2.75, 3.05) is 0 Å². The van der Waals surface area contributed by atoms with E-state index in [0.717, 1.165) is 12.8 Å². The van der Waals surface area contributed by atoms with Crippen molar-refractivity contribution >= 4 is 38.2 Å². The Morgan fingerprint density at radius 1 is 0.633 bits per heavy atom. The highest BCUT2D eigenvalue weighted by Gasteiger charge is 2.15. The standard InChI is InChI=1S/C29H23N/c1-20-10-12-21(13-11-20)22-14-17-24(18-15-22)30-28-9-5-4-8-26(28)27-19-16-23-6-2-3-7-25(23)29(27)30/h2-10,12,14-19H,11,13H2,1H3. The molecule has 0 saturated carbocycles. The number of aromatic nitrogens is 1. The molecule has 0 spiro atoms. The molecule has 0 amide bonds. The minimum Gasteiger partial charge on any atom is -0.309 e. The van der Waals surface area contributed by atoms with Gasteiger partial charge in [0.1, 0.15) is 0 Å². The number of hydrogen-bond acceptors (Lipinski definition) is 0. The van der Waals surface area contributed by atoms with Gasteiger partial charge in [-0.1, -0.05) is 84.5 Å². The van der Waals surface area contributed by atoms with Crippen molar-refractivity contribution in [3.8, 4) is 5.69 Å². The summed E-state index contributed by atoms with van der Waals surface area (Å²) in [4.78, 5) is 0. The monoisotopic (exact) mass is 385 g/mol. The number of nitrogens with zero attached hydrogens (tertiary/aromatic N) is 1. The highest BCUT2D eigenvalue weighted by Crippen LogP contribution is 2.37. The van der Waals surface area contributed by atoms with E-state index in [9.17, 15) is 0 Å². The summed E-state index contributed by atoms with van der Waals surface area (Å²) in [5.74, 6) is 0. The summed E-state index contributed by atoms with van der Waals surface area (Å²) in [5, 5.41) is 5.19. The Morgan fingerprint density at radius 3 is 2.20 bits per heavy atom. The number of rotatable bonds is 2. The van der Waals surface area contributed by atoms with Crippen molar-refractivity contribution in [3.63, 3.8) is 0 Å². The van der Waals surface area contributed by atoms with E-state index in [1.165, 1.54) is 55.0 Å². The lowest BCUT2D eigenvalue weighted by Crippen LogP contribution is -1.96. The summed E-state index contributed by atoms with van der Waals surface area (Å²) in [5.41, 5.74) is 7.98. The number of fused-ring (bicyclic) bond motifs is 5. The Kier molecular flexibility index (Phi) is 3.89. The highest BCUT2D eigenvalue weighted by molar-refractivity contribution is 6.18. The molecule has 30 heavy (non-hydrogen) atoms. The van der Waals surface area contributed by atoms with Crippen molar-refractivity contribution in [3.05, 3.63) is 108 Å². The molecule has 0 saturated heterocycles. The maximum absolute atomic E-state index is 2.43. The fraction of sp³-hybridized carbons (Fsp3) is 0.103. The maximum atomic E-state index is 2.43. The Hall–Kier alpha value is -3.58. The molecule has 5 aromatic rings. The molecule has 1 aromatic heterocycles. The minimum absolute atomic E-state index is 1.13. The van der Waals surface area contributed by atoms with E-state index in [2.05, 4.69) is 109 Å². The van der Waals surface area contributed by atoms with E-state index in [-0.39, 0.29) is 0 Å². The van der Waals surface area contributed by atoms with E-state index in [1.54, 1.807) is 0 Å². The van der Waals surface area contributed by atoms with Crippen molar-refractivity contribution in [1.29, 1.82) is 0 Å². The fourth-order valence-electron chi connectivity index (χ4n) is 4.80. The van der Waals surface area contributed by atoms with Crippen LogP contribution < -0.4 is 0 Å². The first-order valence-electron chi connectivity index (χ1n) is 10.7. The van der Waals surface area contributed by atoms with Gasteiger partial charge in [-0.05, 0) is 54.5 Å². The molecule has 1 heteroatoms. The summed E-state index contributed by atoms with van der Waals surface area (Å²) in [6.45, 7) is 2.21. The maximum Gasteiger partial charge on any atom is 0.0619 e. The summed E-state index contributed by atoms with van der Waals surface area (Å²) < 4.78 is 2.43. The summed E-state index contributed by atoms with van der Waals surface area (Å²) in [7, 11) is 0. The number of allylic oxidation sites excluding steroid dienone is 4. The largest absolute Gasteiger partial charge is 0.309 e. The second kappa shape index (κ2) is 6.74. The molecule has 1 aliphatic carbocycles. The van der Waals surface area contributed by atoms with Crippen molar-refractivity contribution in [2.24, 2.45) is 0 Å². The van der Waals surface area contributed by atoms with Crippen LogP contribution in [0, 0.1) is 0 Å². The Bertz CT molecular complexity index is 1480. The molecule has 4 aromatic carbocycles. The van der Waals surface area contributed by atoms with Gasteiger partial charge in [0.25, 0.3) is 0 Å². The Balaban J connectivity index is 1.61. The average molecular weight is 386 g/mol. The molecule has 0 N–H and O–H groups in total.